The van der Waals surface area contributed by atoms with Crippen LogP contribution < -0.4 is 0 Å². The molecule has 0 atom stereocenters. The van der Waals surface area contributed by atoms with Crippen molar-refractivity contribution in [2.75, 3.05) is 0 Å². The van der Waals surface area contributed by atoms with Gasteiger partial charge in [-0.2, -0.15) is 0 Å². The first-order valence-electron chi connectivity index (χ1n) is 16.6. The number of nitrogens with zero attached hydrogens (tertiary/aromatic N) is 2. The van der Waals surface area contributed by atoms with Crippen molar-refractivity contribution < 1.29 is 4.42 Å². The highest BCUT2D eigenvalue weighted by Crippen LogP contribution is 2.38. The van der Waals surface area contributed by atoms with E-state index in [1.165, 1.54) is 38.6 Å². The molecule has 228 valence electrons. The van der Waals surface area contributed by atoms with Crippen LogP contribution in [0.3, 0.4) is 0 Å². The molecule has 0 saturated heterocycles. The van der Waals surface area contributed by atoms with Gasteiger partial charge in [0.2, 0.25) is 0 Å². The third-order valence-corrected chi connectivity index (χ3v) is 9.77. The second kappa shape index (κ2) is 11.0. The number of fused-ring (bicyclic) bond motifs is 9. The van der Waals surface area contributed by atoms with Gasteiger partial charge < -0.3 is 4.42 Å². The quantitative estimate of drug-likeness (QED) is 0.183. The molecule has 49 heavy (non-hydrogen) atoms. The number of hydrogen-bond donors (Lipinski definition) is 0. The van der Waals surface area contributed by atoms with Crippen LogP contribution in [0, 0.1) is 0 Å². The van der Waals surface area contributed by atoms with Crippen LogP contribution in [0.15, 0.2) is 175 Å². The molecule has 10 aromatic rings. The first-order valence-corrected chi connectivity index (χ1v) is 16.6. The molecule has 0 radical (unpaired) electrons. The van der Waals surface area contributed by atoms with Crippen LogP contribution in [0.2, 0.25) is 0 Å². The van der Waals surface area contributed by atoms with E-state index >= 15 is 0 Å². The third kappa shape index (κ3) is 4.51. The van der Waals surface area contributed by atoms with E-state index in [9.17, 15) is 0 Å². The minimum Gasteiger partial charge on any atom is -0.455 e. The Balaban J connectivity index is 1.00. The van der Waals surface area contributed by atoms with Crippen molar-refractivity contribution in [2.24, 2.45) is 0 Å². The molecule has 0 fully saturated rings. The van der Waals surface area contributed by atoms with Crippen molar-refractivity contribution in [1.82, 2.24) is 9.97 Å². The predicted molar refractivity (Wildman–Crippen MR) is 204 cm³/mol. The second-order valence-corrected chi connectivity index (χ2v) is 12.6. The normalized spacial score (nSPS) is 11.7. The van der Waals surface area contributed by atoms with Gasteiger partial charge in [0.1, 0.15) is 11.2 Å². The summed E-state index contributed by atoms with van der Waals surface area (Å²) in [5.74, 6) is 0. The summed E-state index contributed by atoms with van der Waals surface area (Å²) in [7, 11) is 0. The molecule has 8 aromatic carbocycles. The monoisotopic (exact) mass is 624 g/mol. The van der Waals surface area contributed by atoms with Gasteiger partial charge in [-0.3, -0.25) is 9.97 Å². The van der Waals surface area contributed by atoms with Gasteiger partial charge >= 0.3 is 0 Å². The molecule has 0 saturated carbocycles. The number of benzene rings is 8. The van der Waals surface area contributed by atoms with Crippen LogP contribution in [0.5, 0.6) is 0 Å². The van der Waals surface area contributed by atoms with Crippen molar-refractivity contribution in [3.05, 3.63) is 170 Å². The zero-order chi connectivity index (χ0) is 32.3. The van der Waals surface area contributed by atoms with Crippen molar-refractivity contribution >= 4 is 54.5 Å². The molecule has 0 N–H and O–H groups in total. The maximum absolute atomic E-state index is 6.31. The average Bonchev–Trinajstić information content (AvgIpc) is 3.57. The Bertz CT molecular complexity index is 2850. The number of rotatable bonds is 4. The van der Waals surface area contributed by atoms with Crippen LogP contribution in [0.1, 0.15) is 0 Å². The molecule has 3 heteroatoms. The largest absolute Gasteiger partial charge is 0.455 e. The number of hydrogen-bond acceptors (Lipinski definition) is 3. The van der Waals surface area contributed by atoms with Gasteiger partial charge in [-0.05, 0) is 74.0 Å². The fourth-order valence-electron chi connectivity index (χ4n) is 7.38. The Morgan fingerprint density at radius 2 is 0.837 bits per heavy atom. The Morgan fingerprint density at radius 1 is 0.327 bits per heavy atom. The summed E-state index contributed by atoms with van der Waals surface area (Å²) in [4.78, 5) is 9.50. The van der Waals surface area contributed by atoms with E-state index in [-0.39, 0.29) is 0 Å². The Labute approximate surface area is 282 Å². The summed E-state index contributed by atoms with van der Waals surface area (Å²) >= 11 is 0. The molecule has 0 aliphatic heterocycles. The first kappa shape index (κ1) is 27.5. The minimum atomic E-state index is 0.916. The van der Waals surface area contributed by atoms with Gasteiger partial charge in [0.15, 0.2) is 0 Å². The van der Waals surface area contributed by atoms with Crippen molar-refractivity contribution in [2.45, 2.75) is 0 Å². The molecule has 0 amide bonds. The van der Waals surface area contributed by atoms with Gasteiger partial charge in [-0.15, -0.1) is 0 Å². The lowest BCUT2D eigenvalue weighted by atomic mass is 9.93. The van der Waals surface area contributed by atoms with Gasteiger partial charge in [-0.1, -0.05) is 133 Å². The zero-order valence-corrected chi connectivity index (χ0v) is 26.5. The lowest BCUT2D eigenvalue weighted by Crippen LogP contribution is -1.89. The van der Waals surface area contributed by atoms with Crippen molar-refractivity contribution in [3.8, 4) is 44.5 Å². The summed E-state index contributed by atoms with van der Waals surface area (Å²) in [5, 5.41) is 6.93. The molecular formula is C46H28N2O. The maximum Gasteiger partial charge on any atom is 0.143 e. The summed E-state index contributed by atoms with van der Waals surface area (Å²) in [6.45, 7) is 0. The molecule has 0 bridgehead atoms. The second-order valence-electron chi connectivity index (χ2n) is 12.6. The fourth-order valence-corrected chi connectivity index (χ4v) is 7.38. The summed E-state index contributed by atoms with van der Waals surface area (Å²) < 4.78 is 6.31. The Kier molecular flexibility index (Phi) is 6.18. The van der Waals surface area contributed by atoms with Gasteiger partial charge in [0, 0.05) is 39.5 Å². The van der Waals surface area contributed by atoms with Gasteiger partial charge in [0.05, 0.1) is 11.0 Å². The minimum absolute atomic E-state index is 0.916. The van der Waals surface area contributed by atoms with E-state index in [2.05, 4.69) is 146 Å². The van der Waals surface area contributed by atoms with Crippen molar-refractivity contribution in [3.63, 3.8) is 0 Å². The Morgan fingerprint density at radius 3 is 1.57 bits per heavy atom. The van der Waals surface area contributed by atoms with Gasteiger partial charge in [0.25, 0.3) is 0 Å². The topological polar surface area (TPSA) is 38.9 Å². The summed E-state index contributed by atoms with van der Waals surface area (Å²) in [6.07, 6.45) is 3.56. The molecule has 3 nitrogen and oxygen atoms in total. The third-order valence-electron chi connectivity index (χ3n) is 9.77. The van der Waals surface area contributed by atoms with E-state index < -0.39 is 0 Å². The molecule has 2 heterocycles. The molecular weight excluding hydrogens is 597 g/mol. The highest BCUT2D eigenvalue weighted by atomic mass is 16.3. The van der Waals surface area contributed by atoms with E-state index in [1.54, 1.807) is 12.4 Å². The smallest absolute Gasteiger partial charge is 0.143 e. The number of aromatic nitrogens is 2. The summed E-state index contributed by atoms with van der Waals surface area (Å²) in [5.41, 5.74) is 13.0. The fraction of sp³-hybridized carbons (Fsp3) is 0. The maximum atomic E-state index is 6.31. The molecule has 0 unspecified atom stereocenters. The standard InChI is InChI=1S/C46H28N2O/c1-2-14-40-37(12-1)38-23-22-35(28-42(38)45-44(40)47-24-25-48-45)34-11-6-10-33(27-34)32-9-5-8-31(26-32)29-18-20-30(21-19-29)36-15-7-16-41-39-13-3-4-17-43(39)49-46(36)41/h1-28H. The summed E-state index contributed by atoms with van der Waals surface area (Å²) in [6, 6.07) is 56.2. The van der Waals surface area contributed by atoms with Gasteiger partial charge in [-0.25, -0.2) is 0 Å². The molecule has 2 aromatic heterocycles. The number of para-hydroxylation sites is 2. The highest BCUT2D eigenvalue weighted by molar-refractivity contribution is 6.23. The van der Waals surface area contributed by atoms with E-state index in [0.717, 1.165) is 60.4 Å². The lowest BCUT2D eigenvalue weighted by molar-refractivity contribution is 0.670. The van der Waals surface area contributed by atoms with Crippen LogP contribution in [0.25, 0.3) is 99.0 Å². The molecule has 0 aliphatic carbocycles. The van der Waals surface area contributed by atoms with Crippen molar-refractivity contribution in [1.29, 1.82) is 0 Å². The predicted octanol–water partition coefficient (Wildman–Crippen LogP) is 12.5. The van der Waals surface area contributed by atoms with E-state index in [0.29, 0.717) is 0 Å². The zero-order valence-electron chi connectivity index (χ0n) is 26.5. The number of furan rings is 1. The average molecular weight is 625 g/mol. The SMILES string of the molecule is c1cc(-c2ccc(-c3cccc4c3oc3ccccc34)cc2)cc(-c2cccc(-c3ccc4c5ccccc5c5nccnc5c4c3)c2)c1. The van der Waals surface area contributed by atoms with E-state index in [4.69, 9.17) is 14.4 Å². The van der Waals surface area contributed by atoms with Crippen LogP contribution in [-0.2, 0) is 0 Å². The Hall–Kier alpha value is -6.58. The molecule has 0 spiro atoms. The molecule has 0 aliphatic rings. The van der Waals surface area contributed by atoms with Crippen LogP contribution in [-0.4, -0.2) is 9.97 Å². The first-order chi connectivity index (χ1) is 24.3. The van der Waals surface area contributed by atoms with E-state index in [1.807, 2.05) is 12.1 Å². The van der Waals surface area contributed by atoms with Crippen LogP contribution >= 0.6 is 0 Å². The highest BCUT2D eigenvalue weighted by Gasteiger charge is 2.14. The van der Waals surface area contributed by atoms with Crippen LogP contribution in [0.4, 0.5) is 0 Å². The molecule has 10 rings (SSSR count). The lowest BCUT2D eigenvalue weighted by Gasteiger charge is -2.12.